The highest BCUT2D eigenvalue weighted by molar-refractivity contribution is 7.09. The lowest BCUT2D eigenvalue weighted by Crippen LogP contribution is -2.35. The second-order valence-corrected chi connectivity index (χ2v) is 5.80. The number of nitrogens with zero attached hydrogens (tertiary/aromatic N) is 1. The van der Waals surface area contributed by atoms with Crippen molar-refractivity contribution in [2.45, 2.75) is 25.9 Å². The van der Waals surface area contributed by atoms with E-state index in [2.05, 4.69) is 10.3 Å². The Bertz CT molecular complexity index is 526. The van der Waals surface area contributed by atoms with Gasteiger partial charge in [-0.15, -0.1) is 11.3 Å². The molecule has 1 aromatic carbocycles. The number of benzene rings is 1. The maximum Gasteiger partial charge on any atom is 0.142 e. The lowest BCUT2D eigenvalue weighted by atomic mass is 10.1. The van der Waals surface area contributed by atoms with Crippen molar-refractivity contribution in [2.75, 3.05) is 0 Å². The molecule has 18 heavy (non-hydrogen) atoms. The van der Waals surface area contributed by atoms with Crippen molar-refractivity contribution in [3.8, 4) is 0 Å². The lowest BCUT2D eigenvalue weighted by Gasteiger charge is -2.24. The quantitative estimate of drug-likeness (QED) is 0.919. The molecule has 1 aromatic heterocycles. The molecule has 0 radical (unpaired) electrons. The van der Waals surface area contributed by atoms with Crippen LogP contribution in [0.2, 0.25) is 5.02 Å². The first-order valence-electron chi connectivity index (χ1n) is 5.58. The molecule has 0 spiro atoms. The number of halogens is 2. The molecule has 1 heterocycles. The van der Waals surface area contributed by atoms with E-state index in [0.717, 1.165) is 10.6 Å². The normalized spacial score (nSPS) is 11.8. The average molecular weight is 285 g/mol. The molecular formula is C13H14ClFN2S. The Balaban J connectivity index is 2.10. The van der Waals surface area contributed by atoms with Crippen molar-refractivity contribution in [3.63, 3.8) is 0 Å². The van der Waals surface area contributed by atoms with E-state index in [1.54, 1.807) is 23.6 Å². The smallest absolute Gasteiger partial charge is 0.142 e. The second kappa shape index (κ2) is 5.34. The summed E-state index contributed by atoms with van der Waals surface area (Å²) >= 11 is 7.51. The van der Waals surface area contributed by atoms with Crippen LogP contribution in [0, 0.1) is 5.82 Å². The zero-order chi connectivity index (χ0) is 13.2. The Morgan fingerprint density at radius 2 is 2.22 bits per heavy atom. The largest absolute Gasteiger partial charge is 0.302 e. The van der Waals surface area contributed by atoms with Gasteiger partial charge >= 0.3 is 0 Å². The molecule has 1 N–H and O–H groups in total. The van der Waals surface area contributed by atoms with E-state index in [-0.39, 0.29) is 16.4 Å². The lowest BCUT2D eigenvalue weighted by molar-refractivity contribution is 0.399. The molecule has 0 atom stereocenters. The van der Waals surface area contributed by atoms with Crippen molar-refractivity contribution in [3.05, 3.63) is 51.2 Å². The molecule has 0 aliphatic rings. The van der Waals surface area contributed by atoms with Gasteiger partial charge in [-0.3, -0.25) is 0 Å². The van der Waals surface area contributed by atoms with Crippen LogP contribution in [0.25, 0.3) is 0 Å². The molecule has 5 heteroatoms. The first-order chi connectivity index (χ1) is 8.50. The van der Waals surface area contributed by atoms with Crippen molar-refractivity contribution in [1.29, 1.82) is 0 Å². The van der Waals surface area contributed by atoms with E-state index in [1.807, 2.05) is 25.3 Å². The van der Waals surface area contributed by atoms with E-state index in [9.17, 15) is 4.39 Å². The SMILES string of the molecule is CC(C)(NCc1cccc(F)c1Cl)c1nccs1. The van der Waals surface area contributed by atoms with Gasteiger partial charge in [-0.2, -0.15) is 0 Å². The first-order valence-corrected chi connectivity index (χ1v) is 6.84. The second-order valence-electron chi connectivity index (χ2n) is 4.53. The topological polar surface area (TPSA) is 24.9 Å². The number of thiazole rings is 1. The molecule has 0 bridgehead atoms. The maximum atomic E-state index is 13.3. The Hall–Kier alpha value is -0.970. The summed E-state index contributed by atoms with van der Waals surface area (Å²) in [5.41, 5.74) is 0.491. The van der Waals surface area contributed by atoms with Gasteiger partial charge < -0.3 is 5.32 Å². The fraction of sp³-hybridized carbons (Fsp3) is 0.308. The average Bonchev–Trinajstić information content (AvgIpc) is 2.85. The number of aromatic nitrogens is 1. The summed E-state index contributed by atoms with van der Waals surface area (Å²) in [6.07, 6.45) is 1.78. The van der Waals surface area contributed by atoms with Crippen LogP contribution in [0.4, 0.5) is 4.39 Å². The van der Waals surface area contributed by atoms with Crippen molar-refractivity contribution in [2.24, 2.45) is 0 Å². The molecule has 2 aromatic rings. The summed E-state index contributed by atoms with van der Waals surface area (Å²) in [5.74, 6) is -0.386. The maximum absolute atomic E-state index is 13.3. The van der Waals surface area contributed by atoms with Crippen LogP contribution >= 0.6 is 22.9 Å². The van der Waals surface area contributed by atoms with E-state index in [1.165, 1.54) is 6.07 Å². The number of nitrogens with one attached hydrogen (secondary N) is 1. The Morgan fingerprint density at radius 3 is 2.89 bits per heavy atom. The molecule has 0 saturated heterocycles. The van der Waals surface area contributed by atoms with Crippen LogP contribution in [-0.4, -0.2) is 4.98 Å². The zero-order valence-corrected chi connectivity index (χ0v) is 11.8. The molecule has 0 saturated carbocycles. The molecule has 0 aliphatic carbocycles. The van der Waals surface area contributed by atoms with Crippen LogP contribution in [0.5, 0.6) is 0 Å². The van der Waals surface area contributed by atoms with Gasteiger partial charge in [0.05, 0.1) is 10.6 Å². The highest BCUT2D eigenvalue weighted by Gasteiger charge is 2.22. The summed E-state index contributed by atoms with van der Waals surface area (Å²) < 4.78 is 13.3. The first kappa shape index (κ1) is 13.5. The van der Waals surface area contributed by atoms with Gasteiger partial charge in [0.1, 0.15) is 10.8 Å². The summed E-state index contributed by atoms with van der Waals surface area (Å²) in [4.78, 5) is 4.29. The highest BCUT2D eigenvalue weighted by atomic mass is 35.5. The summed E-state index contributed by atoms with van der Waals surface area (Å²) in [5, 5.41) is 6.46. The van der Waals surface area contributed by atoms with Crippen LogP contribution < -0.4 is 5.32 Å². The fourth-order valence-electron chi connectivity index (χ4n) is 1.61. The Labute approximate surface area is 115 Å². The van der Waals surface area contributed by atoms with Crippen LogP contribution in [0.15, 0.2) is 29.8 Å². The van der Waals surface area contributed by atoms with Crippen molar-refractivity contribution < 1.29 is 4.39 Å². The highest BCUT2D eigenvalue weighted by Crippen LogP contribution is 2.24. The third-order valence-electron chi connectivity index (χ3n) is 2.72. The van der Waals surface area contributed by atoms with E-state index in [0.29, 0.717) is 6.54 Å². The molecule has 2 nitrogen and oxygen atoms in total. The van der Waals surface area contributed by atoms with Crippen molar-refractivity contribution in [1.82, 2.24) is 10.3 Å². The molecule has 96 valence electrons. The van der Waals surface area contributed by atoms with Crippen LogP contribution in [-0.2, 0) is 12.1 Å². The van der Waals surface area contributed by atoms with Gasteiger partial charge in [-0.05, 0) is 25.5 Å². The van der Waals surface area contributed by atoms with Gasteiger partial charge in [0, 0.05) is 18.1 Å². The number of hydrogen-bond acceptors (Lipinski definition) is 3. The molecule has 0 amide bonds. The third kappa shape index (κ3) is 2.88. The minimum Gasteiger partial charge on any atom is -0.302 e. The molecule has 0 unspecified atom stereocenters. The van der Waals surface area contributed by atoms with E-state index in [4.69, 9.17) is 11.6 Å². The molecular weight excluding hydrogens is 271 g/mol. The van der Waals surface area contributed by atoms with Crippen LogP contribution in [0.3, 0.4) is 0 Å². The number of hydrogen-bond donors (Lipinski definition) is 1. The molecule has 2 rings (SSSR count). The minimum absolute atomic E-state index is 0.180. The standard InChI is InChI=1S/C13H14ClFN2S/c1-13(2,12-16-6-7-18-12)17-8-9-4-3-5-10(15)11(9)14/h3-7,17H,8H2,1-2H3. The molecule has 0 fully saturated rings. The minimum atomic E-state index is -0.386. The summed E-state index contributed by atoms with van der Waals surface area (Å²) in [6.45, 7) is 4.58. The Kier molecular flexibility index (Phi) is 4.00. The predicted molar refractivity (Wildman–Crippen MR) is 73.4 cm³/mol. The van der Waals surface area contributed by atoms with Gasteiger partial charge in [-0.25, -0.2) is 9.37 Å². The van der Waals surface area contributed by atoms with Crippen molar-refractivity contribution >= 4 is 22.9 Å². The predicted octanol–water partition coefficient (Wildman–Crippen LogP) is 3.96. The fourth-order valence-corrected chi connectivity index (χ4v) is 2.54. The van der Waals surface area contributed by atoms with Gasteiger partial charge in [0.15, 0.2) is 0 Å². The van der Waals surface area contributed by atoms with E-state index < -0.39 is 0 Å². The molecule has 0 aliphatic heterocycles. The monoisotopic (exact) mass is 284 g/mol. The number of rotatable bonds is 4. The van der Waals surface area contributed by atoms with Gasteiger partial charge in [-0.1, -0.05) is 23.7 Å². The van der Waals surface area contributed by atoms with Gasteiger partial charge in [0.25, 0.3) is 0 Å². The summed E-state index contributed by atoms with van der Waals surface area (Å²) in [7, 11) is 0. The summed E-state index contributed by atoms with van der Waals surface area (Å²) in [6, 6.07) is 4.84. The zero-order valence-electron chi connectivity index (χ0n) is 10.2. The third-order valence-corrected chi connectivity index (χ3v) is 4.24. The van der Waals surface area contributed by atoms with Gasteiger partial charge in [0.2, 0.25) is 0 Å². The van der Waals surface area contributed by atoms with Crippen LogP contribution in [0.1, 0.15) is 24.4 Å². The Morgan fingerprint density at radius 1 is 1.44 bits per heavy atom. The van der Waals surface area contributed by atoms with E-state index >= 15 is 0 Å².